The van der Waals surface area contributed by atoms with Gasteiger partial charge in [-0.2, -0.15) is 0 Å². The van der Waals surface area contributed by atoms with E-state index in [1.54, 1.807) is 0 Å². The van der Waals surface area contributed by atoms with Crippen LogP contribution in [0, 0.1) is 0 Å². The monoisotopic (exact) mass is 429 g/mol. The summed E-state index contributed by atoms with van der Waals surface area (Å²) in [5.41, 5.74) is 2.98. The number of carboxylic acid groups (broad SMARTS) is 1. The van der Waals surface area contributed by atoms with E-state index in [4.69, 9.17) is 9.15 Å². The van der Waals surface area contributed by atoms with Crippen LogP contribution < -0.4 is 4.90 Å². The van der Waals surface area contributed by atoms with Gasteiger partial charge in [0.25, 0.3) is 0 Å². The Morgan fingerprint density at radius 1 is 1.16 bits per heavy atom. The van der Waals surface area contributed by atoms with Gasteiger partial charge in [-0.05, 0) is 44.9 Å². The molecule has 1 N–H and O–H groups in total. The van der Waals surface area contributed by atoms with Crippen molar-refractivity contribution >= 4 is 22.6 Å². The second kappa shape index (κ2) is 9.59. The van der Waals surface area contributed by atoms with Crippen molar-refractivity contribution in [3.8, 4) is 0 Å². The third kappa shape index (κ3) is 4.59. The Morgan fingerprint density at radius 2 is 1.87 bits per heavy atom. The molecule has 2 fully saturated rings. The maximum Gasteiger partial charge on any atom is 0.336 e. The summed E-state index contributed by atoms with van der Waals surface area (Å²) in [7, 11) is 2.14. The number of hydrogen-bond acceptors (Lipinski definition) is 6. The SMILES string of the molecule is CCc1c(N(CC)C2CCOCC2)cc2oc(CN3CCN(C)CC3)cc2c1C(=O)O. The van der Waals surface area contributed by atoms with Crippen molar-refractivity contribution in [3.63, 3.8) is 0 Å². The number of carbonyl (C=O) groups is 1. The molecule has 31 heavy (non-hydrogen) atoms. The molecule has 1 aromatic carbocycles. The molecule has 7 nitrogen and oxygen atoms in total. The quantitative estimate of drug-likeness (QED) is 0.723. The van der Waals surface area contributed by atoms with E-state index >= 15 is 0 Å². The first-order valence-electron chi connectivity index (χ1n) is 11.6. The van der Waals surface area contributed by atoms with E-state index in [-0.39, 0.29) is 0 Å². The van der Waals surface area contributed by atoms with Gasteiger partial charge < -0.3 is 24.1 Å². The lowest BCUT2D eigenvalue weighted by Crippen LogP contribution is -2.43. The summed E-state index contributed by atoms with van der Waals surface area (Å²) in [5.74, 6) is -0.0333. The van der Waals surface area contributed by atoms with Crippen LogP contribution in [0.1, 0.15) is 48.4 Å². The fourth-order valence-electron chi connectivity index (χ4n) is 5.05. The highest BCUT2D eigenvalue weighted by atomic mass is 16.5. The number of aromatic carboxylic acids is 1. The highest BCUT2D eigenvalue weighted by Crippen LogP contribution is 2.36. The Kier molecular flexibility index (Phi) is 6.84. The highest BCUT2D eigenvalue weighted by Gasteiger charge is 2.28. The van der Waals surface area contributed by atoms with Crippen molar-refractivity contribution in [1.82, 2.24) is 9.80 Å². The van der Waals surface area contributed by atoms with E-state index in [0.717, 1.165) is 87.7 Å². The molecule has 2 aliphatic heterocycles. The van der Waals surface area contributed by atoms with Gasteiger partial charge in [-0.15, -0.1) is 0 Å². The van der Waals surface area contributed by atoms with E-state index in [2.05, 4.69) is 34.7 Å². The summed E-state index contributed by atoms with van der Waals surface area (Å²) in [5, 5.41) is 10.9. The van der Waals surface area contributed by atoms with E-state index in [9.17, 15) is 9.90 Å². The molecule has 0 atom stereocenters. The first kappa shape index (κ1) is 22.1. The van der Waals surface area contributed by atoms with E-state index in [1.807, 2.05) is 13.0 Å². The Hall–Kier alpha value is -2.09. The number of likely N-dealkylation sites (N-methyl/N-ethyl adjacent to an activating group) is 1. The van der Waals surface area contributed by atoms with Gasteiger partial charge in [-0.25, -0.2) is 4.79 Å². The van der Waals surface area contributed by atoms with Crippen LogP contribution in [0.25, 0.3) is 11.0 Å². The van der Waals surface area contributed by atoms with Crippen LogP contribution in [0.4, 0.5) is 5.69 Å². The zero-order valence-corrected chi connectivity index (χ0v) is 19.0. The lowest BCUT2D eigenvalue weighted by atomic mass is 9.96. The molecule has 0 spiro atoms. The first-order valence-corrected chi connectivity index (χ1v) is 11.6. The average molecular weight is 430 g/mol. The van der Waals surface area contributed by atoms with Crippen molar-refractivity contribution in [2.75, 3.05) is 57.9 Å². The van der Waals surface area contributed by atoms with Gasteiger partial charge in [0, 0.05) is 69.1 Å². The lowest BCUT2D eigenvalue weighted by Gasteiger charge is -2.36. The van der Waals surface area contributed by atoms with Crippen LogP contribution >= 0.6 is 0 Å². The molecule has 7 heteroatoms. The highest BCUT2D eigenvalue weighted by molar-refractivity contribution is 6.06. The summed E-state index contributed by atoms with van der Waals surface area (Å²) in [6.45, 7) is 11.3. The predicted molar refractivity (Wildman–Crippen MR) is 122 cm³/mol. The number of hydrogen-bond donors (Lipinski definition) is 1. The van der Waals surface area contributed by atoms with Crippen LogP contribution in [0.5, 0.6) is 0 Å². The molecule has 3 heterocycles. The van der Waals surface area contributed by atoms with Crippen molar-refractivity contribution in [3.05, 3.63) is 29.0 Å². The Bertz CT molecular complexity index is 911. The molecule has 0 aliphatic carbocycles. The normalized spacial score (nSPS) is 19.2. The number of benzene rings is 1. The maximum atomic E-state index is 12.4. The van der Waals surface area contributed by atoms with Crippen LogP contribution in [0.3, 0.4) is 0 Å². The van der Waals surface area contributed by atoms with Crippen LogP contribution in [0.2, 0.25) is 0 Å². The Balaban J connectivity index is 1.73. The molecule has 0 unspecified atom stereocenters. The summed E-state index contributed by atoms with van der Waals surface area (Å²) < 4.78 is 11.8. The van der Waals surface area contributed by atoms with Crippen molar-refractivity contribution in [2.45, 2.75) is 45.7 Å². The molecule has 2 aliphatic rings. The zero-order chi connectivity index (χ0) is 22.0. The van der Waals surface area contributed by atoms with Crippen molar-refractivity contribution in [1.29, 1.82) is 0 Å². The Labute approximate surface area is 184 Å². The molecule has 0 saturated carbocycles. The maximum absolute atomic E-state index is 12.4. The molecule has 170 valence electrons. The first-order chi connectivity index (χ1) is 15.0. The zero-order valence-electron chi connectivity index (χ0n) is 19.0. The van der Waals surface area contributed by atoms with Gasteiger partial charge in [-0.3, -0.25) is 4.90 Å². The minimum atomic E-state index is -0.876. The summed E-state index contributed by atoms with van der Waals surface area (Å²) >= 11 is 0. The van der Waals surface area contributed by atoms with Gasteiger partial charge in [-0.1, -0.05) is 6.92 Å². The molecular formula is C24H35N3O4. The molecule has 0 bridgehead atoms. The number of furan rings is 1. The predicted octanol–water partition coefficient (Wildman–Crippen LogP) is 3.45. The van der Waals surface area contributed by atoms with Gasteiger partial charge in [0.15, 0.2) is 0 Å². The van der Waals surface area contributed by atoms with Gasteiger partial charge >= 0.3 is 5.97 Å². The summed E-state index contributed by atoms with van der Waals surface area (Å²) in [6.07, 6.45) is 2.60. The minimum Gasteiger partial charge on any atom is -0.478 e. The van der Waals surface area contributed by atoms with Crippen LogP contribution in [-0.2, 0) is 17.7 Å². The summed E-state index contributed by atoms with van der Waals surface area (Å²) in [4.78, 5) is 19.4. The number of carboxylic acids is 1. The van der Waals surface area contributed by atoms with Crippen molar-refractivity contribution in [2.24, 2.45) is 0 Å². The average Bonchev–Trinajstić information content (AvgIpc) is 3.17. The number of ether oxygens (including phenoxy) is 1. The molecule has 1 aromatic heterocycles. The number of rotatable bonds is 7. The standard InChI is InChI=1S/C24H35N3O4/c1-4-19-21(27(5-2)17-6-12-30-13-7-17)15-22-20(23(19)24(28)29)14-18(31-22)16-26-10-8-25(3)9-11-26/h14-15,17H,4-13,16H2,1-3H3,(H,28,29). The number of piperazine rings is 1. The minimum absolute atomic E-state index is 0.364. The second-order valence-electron chi connectivity index (χ2n) is 8.74. The molecule has 2 saturated heterocycles. The van der Waals surface area contributed by atoms with E-state index < -0.39 is 5.97 Å². The van der Waals surface area contributed by atoms with Crippen molar-refractivity contribution < 1.29 is 19.1 Å². The van der Waals surface area contributed by atoms with E-state index in [1.165, 1.54) is 0 Å². The topological polar surface area (TPSA) is 69.4 Å². The van der Waals surface area contributed by atoms with Gasteiger partial charge in [0.05, 0.1) is 12.1 Å². The largest absolute Gasteiger partial charge is 0.478 e. The summed E-state index contributed by atoms with van der Waals surface area (Å²) in [6, 6.07) is 4.39. The number of anilines is 1. The van der Waals surface area contributed by atoms with Crippen LogP contribution in [0.15, 0.2) is 16.5 Å². The Morgan fingerprint density at radius 3 is 2.48 bits per heavy atom. The van der Waals surface area contributed by atoms with E-state index in [0.29, 0.717) is 23.6 Å². The molecule has 2 aromatic rings. The molecular weight excluding hydrogens is 394 g/mol. The fraction of sp³-hybridized carbons (Fsp3) is 0.625. The van der Waals surface area contributed by atoms with Gasteiger partial charge in [0.1, 0.15) is 11.3 Å². The third-order valence-electron chi connectivity index (χ3n) is 6.78. The number of nitrogens with zero attached hydrogens (tertiary/aromatic N) is 3. The van der Waals surface area contributed by atoms with Gasteiger partial charge in [0.2, 0.25) is 0 Å². The molecule has 0 amide bonds. The number of fused-ring (bicyclic) bond motifs is 1. The van der Waals surface area contributed by atoms with Crippen LogP contribution in [-0.4, -0.2) is 79.9 Å². The lowest BCUT2D eigenvalue weighted by molar-refractivity contribution is 0.0697. The molecule has 0 radical (unpaired) electrons. The smallest absolute Gasteiger partial charge is 0.336 e. The second-order valence-corrected chi connectivity index (χ2v) is 8.74. The molecule has 4 rings (SSSR count). The third-order valence-corrected chi connectivity index (χ3v) is 6.78. The fourth-order valence-corrected chi connectivity index (χ4v) is 5.05.